The summed E-state index contributed by atoms with van der Waals surface area (Å²) < 4.78 is 36.3. The minimum Gasteiger partial charge on any atom is -0.444 e. The molecule has 1 saturated carbocycles. The summed E-state index contributed by atoms with van der Waals surface area (Å²) in [6, 6.07) is 15.0. The summed E-state index contributed by atoms with van der Waals surface area (Å²) in [5.41, 5.74) is -1.51. The van der Waals surface area contributed by atoms with Gasteiger partial charge in [-0.05, 0) is 56.7 Å². The van der Waals surface area contributed by atoms with Crippen molar-refractivity contribution in [3.63, 3.8) is 0 Å². The molecule has 1 amide bonds. The fourth-order valence-corrected chi connectivity index (χ4v) is 5.40. The minimum absolute atomic E-state index is 0.0247. The first-order valence-corrected chi connectivity index (χ1v) is 13.6. The van der Waals surface area contributed by atoms with Crippen molar-refractivity contribution in [3.8, 4) is 5.69 Å². The molecule has 12 heteroatoms. The van der Waals surface area contributed by atoms with E-state index in [9.17, 15) is 18.8 Å². The first-order chi connectivity index (χ1) is 20.0. The fourth-order valence-electron chi connectivity index (χ4n) is 5.40. The number of halogens is 2. The molecule has 2 aromatic carbocycles. The highest BCUT2D eigenvalue weighted by Crippen LogP contribution is 2.47. The van der Waals surface area contributed by atoms with E-state index in [0.717, 1.165) is 10.6 Å². The zero-order chi connectivity index (χ0) is 29.8. The summed E-state index contributed by atoms with van der Waals surface area (Å²) in [5.74, 6) is -1.13. The lowest BCUT2D eigenvalue weighted by atomic mass is 10.2. The first kappa shape index (κ1) is 27.4. The number of nitrogens with zero attached hydrogens (tertiary/aromatic N) is 4. The standard InChI is InChI=1S/C30H29F2N5O5/c1-30(2,3)42-28(39)33-24-21-14-35(15-22(21)24)26-23(32)13-20-25(34-26)36(19-11-9-18(31)10-12-19)29(40)37(27(20)38)41-16-17-7-5-4-6-8-17/h4-13,21-22,24H,14-16H2,1-3H3,(H,33,39)/t21-,22+,24+. The number of amides is 1. The number of hydrogen-bond donors (Lipinski definition) is 1. The number of hydrogen-bond acceptors (Lipinski definition) is 7. The molecule has 0 radical (unpaired) electrons. The molecule has 6 rings (SSSR count). The number of carbonyl (C=O) groups is 1. The average Bonchev–Trinajstić information content (AvgIpc) is 3.35. The van der Waals surface area contributed by atoms with Gasteiger partial charge in [0, 0.05) is 31.0 Å². The van der Waals surface area contributed by atoms with Crippen molar-refractivity contribution >= 4 is 22.9 Å². The van der Waals surface area contributed by atoms with Gasteiger partial charge >= 0.3 is 11.8 Å². The second-order valence-corrected chi connectivity index (χ2v) is 11.5. The second-order valence-electron chi connectivity index (χ2n) is 11.5. The van der Waals surface area contributed by atoms with Crippen LogP contribution in [0.15, 0.2) is 70.3 Å². The number of aromatic nitrogens is 3. The van der Waals surface area contributed by atoms with Crippen molar-refractivity contribution in [1.29, 1.82) is 0 Å². The van der Waals surface area contributed by atoms with Gasteiger partial charge in [0.2, 0.25) is 0 Å². The lowest BCUT2D eigenvalue weighted by molar-refractivity contribution is 0.0518. The molecule has 2 fully saturated rings. The third-order valence-electron chi connectivity index (χ3n) is 7.39. The van der Waals surface area contributed by atoms with Crippen LogP contribution >= 0.6 is 0 Å². The number of alkyl carbamates (subject to hydrolysis) is 1. The number of ether oxygens (including phenoxy) is 1. The molecule has 1 aliphatic heterocycles. The third kappa shape index (κ3) is 5.19. The van der Waals surface area contributed by atoms with E-state index in [2.05, 4.69) is 10.3 Å². The Morgan fingerprint density at radius 2 is 1.69 bits per heavy atom. The van der Waals surface area contributed by atoms with Crippen LogP contribution in [-0.4, -0.2) is 45.1 Å². The molecule has 1 aliphatic carbocycles. The predicted octanol–water partition coefficient (Wildman–Crippen LogP) is 3.41. The molecule has 3 atom stereocenters. The maximum Gasteiger partial charge on any atom is 0.407 e. The zero-order valence-electron chi connectivity index (χ0n) is 23.2. The quantitative estimate of drug-likeness (QED) is 0.374. The summed E-state index contributed by atoms with van der Waals surface area (Å²) in [7, 11) is 0. The number of benzene rings is 2. The zero-order valence-corrected chi connectivity index (χ0v) is 23.2. The van der Waals surface area contributed by atoms with Gasteiger partial charge in [0.15, 0.2) is 17.3 Å². The van der Waals surface area contributed by atoms with Gasteiger partial charge in [-0.15, -0.1) is 0 Å². The van der Waals surface area contributed by atoms with E-state index in [-0.39, 0.29) is 47.0 Å². The molecule has 1 N–H and O–H groups in total. The third-order valence-corrected chi connectivity index (χ3v) is 7.39. The van der Waals surface area contributed by atoms with Crippen molar-refractivity contribution in [2.24, 2.45) is 11.8 Å². The smallest absolute Gasteiger partial charge is 0.407 e. The monoisotopic (exact) mass is 577 g/mol. The summed E-state index contributed by atoms with van der Waals surface area (Å²) in [6.45, 7) is 6.09. The summed E-state index contributed by atoms with van der Waals surface area (Å²) in [6.07, 6.45) is -0.502. The number of pyridine rings is 1. The van der Waals surface area contributed by atoms with Crippen LogP contribution in [0.4, 0.5) is 19.4 Å². The Morgan fingerprint density at radius 1 is 1.02 bits per heavy atom. The molecule has 2 aliphatic rings. The van der Waals surface area contributed by atoms with E-state index in [1.54, 1.807) is 49.9 Å². The molecule has 0 bridgehead atoms. The van der Waals surface area contributed by atoms with Crippen LogP contribution in [0.1, 0.15) is 26.3 Å². The van der Waals surface area contributed by atoms with Crippen LogP contribution in [0.2, 0.25) is 0 Å². The van der Waals surface area contributed by atoms with Crippen molar-refractivity contribution in [2.45, 2.75) is 39.0 Å². The van der Waals surface area contributed by atoms with Crippen LogP contribution in [-0.2, 0) is 11.3 Å². The number of rotatable bonds is 6. The number of anilines is 1. The van der Waals surface area contributed by atoms with Crippen LogP contribution in [0.3, 0.4) is 0 Å². The second kappa shape index (κ2) is 10.3. The van der Waals surface area contributed by atoms with Crippen molar-refractivity contribution in [1.82, 2.24) is 19.6 Å². The molecule has 4 aromatic rings. The SMILES string of the molecule is CC(C)(C)OC(=O)N[C@H]1[C@@H]2CN(c3nc4c(cc3F)c(=O)n(OCc3ccccc3)c(=O)n4-c3ccc(F)cc3)C[C@@H]21. The largest absolute Gasteiger partial charge is 0.444 e. The van der Waals surface area contributed by atoms with Crippen LogP contribution in [0.5, 0.6) is 0 Å². The number of nitrogens with one attached hydrogen (secondary N) is 1. The topological polar surface area (TPSA) is 108 Å². The molecule has 2 aromatic heterocycles. The number of carbonyl (C=O) groups excluding carboxylic acids is 1. The highest BCUT2D eigenvalue weighted by atomic mass is 19.1. The van der Waals surface area contributed by atoms with Crippen molar-refractivity contribution in [2.75, 3.05) is 18.0 Å². The fraction of sp³-hybridized carbons (Fsp3) is 0.333. The van der Waals surface area contributed by atoms with Gasteiger partial charge in [0.05, 0.1) is 11.1 Å². The molecule has 10 nitrogen and oxygen atoms in total. The van der Waals surface area contributed by atoms with E-state index in [1.807, 2.05) is 6.07 Å². The van der Waals surface area contributed by atoms with E-state index in [1.165, 1.54) is 24.3 Å². The predicted molar refractivity (Wildman–Crippen MR) is 151 cm³/mol. The Hall–Kier alpha value is -4.74. The van der Waals surface area contributed by atoms with E-state index < -0.39 is 34.6 Å². The van der Waals surface area contributed by atoms with Crippen LogP contribution in [0.25, 0.3) is 16.7 Å². The van der Waals surface area contributed by atoms with E-state index in [0.29, 0.717) is 23.4 Å². The summed E-state index contributed by atoms with van der Waals surface area (Å²) in [4.78, 5) is 51.0. The van der Waals surface area contributed by atoms with Gasteiger partial charge in [-0.25, -0.2) is 27.9 Å². The van der Waals surface area contributed by atoms with Gasteiger partial charge in [-0.3, -0.25) is 4.79 Å². The Morgan fingerprint density at radius 3 is 2.33 bits per heavy atom. The molecule has 0 spiro atoms. The van der Waals surface area contributed by atoms with E-state index >= 15 is 4.39 Å². The Balaban J connectivity index is 1.34. The highest BCUT2D eigenvalue weighted by Gasteiger charge is 2.57. The van der Waals surface area contributed by atoms with Gasteiger partial charge < -0.3 is 19.8 Å². The number of piperidine rings is 1. The van der Waals surface area contributed by atoms with E-state index in [4.69, 9.17) is 9.57 Å². The molecule has 1 saturated heterocycles. The van der Waals surface area contributed by atoms with Gasteiger partial charge in [0.25, 0.3) is 5.56 Å². The van der Waals surface area contributed by atoms with Gasteiger partial charge in [-0.2, -0.15) is 0 Å². The Bertz CT molecular complexity index is 1770. The minimum atomic E-state index is -0.869. The molecule has 218 valence electrons. The average molecular weight is 578 g/mol. The lowest BCUT2D eigenvalue weighted by Crippen LogP contribution is -2.43. The molecular formula is C30H29F2N5O5. The maximum atomic E-state index is 15.5. The summed E-state index contributed by atoms with van der Waals surface area (Å²) >= 11 is 0. The van der Waals surface area contributed by atoms with Crippen LogP contribution < -0.4 is 26.3 Å². The lowest BCUT2D eigenvalue weighted by Gasteiger charge is -2.24. The molecular weight excluding hydrogens is 548 g/mol. The van der Waals surface area contributed by atoms with Crippen molar-refractivity contribution in [3.05, 3.63) is 98.7 Å². The van der Waals surface area contributed by atoms with Crippen molar-refractivity contribution < 1.29 is 23.1 Å². The first-order valence-electron chi connectivity index (χ1n) is 13.6. The summed E-state index contributed by atoms with van der Waals surface area (Å²) in [5, 5.41) is 2.69. The maximum absolute atomic E-state index is 15.5. The highest BCUT2D eigenvalue weighted by molar-refractivity contribution is 5.78. The Labute approximate surface area is 239 Å². The Kier molecular flexibility index (Phi) is 6.71. The van der Waals surface area contributed by atoms with Crippen LogP contribution in [0, 0.1) is 23.5 Å². The number of fused-ring (bicyclic) bond motifs is 2. The molecule has 42 heavy (non-hydrogen) atoms. The molecule has 3 heterocycles. The normalized spacial score (nSPS) is 19.5. The van der Waals surface area contributed by atoms with Gasteiger partial charge in [-0.1, -0.05) is 35.1 Å². The van der Waals surface area contributed by atoms with Gasteiger partial charge in [0.1, 0.15) is 18.0 Å². The molecule has 0 unspecified atom stereocenters.